The number of aromatic amines is 1. The molecule has 1 fully saturated rings. The largest absolute Gasteiger partial charge is 0.494 e. The third kappa shape index (κ3) is 6.91. The van der Waals surface area contributed by atoms with Gasteiger partial charge in [-0.05, 0) is 44.7 Å². The van der Waals surface area contributed by atoms with Crippen LogP contribution >= 0.6 is 0 Å². The van der Waals surface area contributed by atoms with E-state index in [0.29, 0.717) is 59.8 Å². The number of ketones is 1. The highest BCUT2D eigenvalue weighted by Gasteiger charge is 2.30. The molecule has 0 unspecified atom stereocenters. The molecule has 0 radical (unpaired) electrons. The van der Waals surface area contributed by atoms with Gasteiger partial charge in [0.1, 0.15) is 25.3 Å². The highest BCUT2D eigenvalue weighted by molar-refractivity contribution is 6.45. The number of carbonyl (C=O) groups is 3. The SMILES string of the molecule is COc1cnc(-n2cnc(COCC(=O)NC(C)(C)C)n2)c2[nH]cc(C(=O)C(=O)N3CCC(=C(C#N)c4ccccc4)CC3)c12. The van der Waals surface area contributed by atoms with E-state index in [9.17, 15) is 19.6 Å². The van der Waals surface area contributed by atoms with Gasteiger partial charge in [0, 0.05) is 24.8 Å². The molecule has 0 aliphatic carbocycles. The molecule has 5 rings (SSSR count). The number of nitrogens with one attached hydrogen (secondary N) is 2. The van der Waals surface area contributed by atoms with Gasteiger partial charge >= 0.3 is 0 Å². The second-order valence-corrected chi connectivity index (χ2v) is 11.6. The number of amides is 2. The third-order valence-corrected chi connectivity index (χ3v) is 7.23. The van der Waals surface area contributed by atoms with Gasteiger partial charge in [-0.2, -0.15) is 5.26 Å². The number of fused-ring (bicyclic) bond motifs is 1. The number of methoxy groups -OCH3 is 1. The first-order valence-corrected chi connectivity index (χ1v) is 14.4. The van der Waals surface area contributed by atoms with Crippen LogP contribution < -0.4 is 10.1 Å². The lowest BCUT2D eigenvalue weighted by Gasteiger charge is -2.28. The molecule has 0 spiro atoms. The van der Waals surface area contributed by atoms with Crippen molar-refractivity contribution in [2.24, 2.45) is 0 Å². The maximum Gasteiger partial charge on any atom is 0.295 e. The molecule has 3 aromatic heterocycles. The van der Waals surface area contributed by atoms with Crippen molar-refractivity contribution in [3.05, 3.63) is 71.6 Å². The van der Waals surface area contributed by atoms with E-state index in [0.717, 1.165) is 11.1 Å². The summed E-state index contributed by atoms with van der Waals surface area (Å²) in [5, 5.41) is 17.4. The van der Waals surface area contributed by atoms with E-state index in [-0.39, 0.29) is 30.2 Å². The van der Waals surface area contributed by atoms with E-state index in [1.807, 2.05) is 51.1 Å². The van der Waals surface area contributed by atoms with E-state index in [4.69, 9.17) is 9.47 Å². The van der Waals surface area contributed by atoms with Gasteiger partial charge in [0.2, 0.25) is 5.91 Å². The van der Waals surface area contributed by atoms with Crippen LogP contribution in [0.2, 0.25) is 0 Å². The quantitative estimate of drug-likeness (QED) is 0.164. The van der Waals surface area contributed by atoms with Crippen LogP contribution in [0.5, 0.6) is 5.75 Å². The van der Waals surface area contributed by atoms with Crippen LogP contribution in [0, 0.1) is 11.3 Å². The van der Waals surface area contributed by atoms with Crippen molar-refractivity contribution >= 4 is 34.1 Å². The van der Waals surface area contributed by atoms with Crippen molar-refractivity contribution in [2.45, 2.75) is 45.8 Å². The molecule has 2 N–H and O–H groups in total. The summed E-state index contributed by atoms with van der Waals surface area (Å²) in [5.41, 5.74) is 2.63. The zero-order valence-corrected chi connectivity index (χ0v) is 25.6. The molecule has 0 saturated carbocycles. The van der Waals surface area contributed by atoms with E-state index in [1.165, 1.54) is 35.4 Å². The molecular weight excluding hydrogens is 576 g/mol. The highest BCUT2D eigenvalue weighted by atomic mass is 16.5. The van der Waals surface area contributed by atoms with E-state index >= 15 is 0 Å². The average molecular weight is 611 g/mol. The maximum absolute atomic E-state index is 13.6. The molecule has 2 amide bonds. The smallest absolute Gasteiger partial charge is 0.295 e. The highest BCUT2D eigenvalue weighted by Crippen LogP contribution is 2.32. The summed E-state index contributed by atoms with van der Waals surface area (Å²) in [6.45, 7) is 6.15. The molecule has 0 bridgehead atoms. The summed E-state index contributed by atoms with van der Waals surface area (Å²) in [5.74, 6) is -0.602. The number of H-pyrrole nitrogens is 1. The van der Waals surface area contributed by atoms with Crippen LogP contribution in [0.4, 0.5) is 0 Å². The van der Waals surface area contributed by atoms with Gasteiger partial charge in [0.15, 0.2) is 11.6 Å². The zero-order chi connectivity index (χ0) is 32.1. The minimum Gasteiger partial charge on any atom is -0.494 e. The number of nitrogens with zero attached hydrogens (tertiary/aromatic N) is 6. The van der Waals surface area contributed by atoms with E-state index in [2.05, 4.69) is 31.4 Å². The second-order valence-electron chi connectivity index (χ2n) is 11.6. The lowest BCUT2D eigenvalue weighted by atomic mass is 9.93. The van der Waals surface area contributed by atoms with Gasteiger partial charge in [-0.3, -0.25) is 14.4 Å². The summed E-state index contributed by atoms with van der Waals surface area (Å²) in [6, 6.07) is 11.7. The molecule has 4 aromatic rings. The number of nitriles is 1. The molecule has 1 aromatic carbocycles. The van der Waals surface area contributed by atoms with Crippen molar-refractivity contribution in [3.8, 4) is 17.6 Å². The van der Waals surface area contributed by atoms with Crippen LogP contribution in [0.15, 0.2) is 54.6 Å². The molecule has 1 saturated heterocycles. The predicted molar refractivity (Wildman–Crippen MR) is 164 cm³/mol. The Morgan fingerprint density at radius 3 is 2.51 bits per heavy atom. The van der Waals surface area contributed by atoms with Gasteiger partial charge in [-0.15, -0.1) is 5.10 Å². The Hall–Kier alpha value is -5.35. The lowest BCUT2D eigenvalue weighted by molar-refractivity contribution is -0.128. The van der Waals surface area contributed by atoms with Gasteiger partial charge in [0.25, 0.3) is 11.7 Å². The first-order chi connectivity index (χ1) is 21.6. The molecule has 0 atom stereocenters. The predicted octanol–water partition coefficient (Wildman–Crippen LogP) is 3.37. The van der Waals surface area contributed by atoms with Gasteiger partial charge in [0.05, 0.1) is 41.4 Å². The van der Waals surface area contributed by atoms with E-state index < -0.39 is 11.7 Å². The van der Waals surface area contributed by atoms with Crippen LogP contribution in [0.3, 0.4) is 0 Å². The number of ether oxygens (including phenoxy) is 2. The third-order valence-electron chi connectivity index (χ3n) is 7.23. The number of hydrogen-bond donors (Lipinski definition) is 2. The number of piperidine rings is 1. The van der Waals surface area contributed by atoms with Crippen molar-refractivity contribution < 1.29 is 23.9 Å². The van der Waals surface area contributed by atoms with Crippen LogP contribution in [0.1, 0.15) is 55.4 Å². The molecule has 13 nitrogen and oxygen atoms in total. The Kier molecular flexibility index (Phi) is 9.06. The van der Waals surface area contributed by atoms with Gasteiger partial charge in [-0.25, -0.2) is 14.6 Å². The van der Waals surface area contributed by atoms with Crippen LogP contribution in [-0.2, 0) is 20.9 Å². The number of aromatic nitrogens is 5. The minimum atomic E-state index is -0.686. The Labute approximate surface area is 259 Å². The molecule has 1 aliphatic heterocycles. The van der Waals surface area contributed by atoms with Crippen molar-refractivity contribution in [3.63, 3.8) is 0 Å². The average Bonchev–Trinajstić information content (AvgIpc) is 3.68. The topological polar surface area (TPSA) is 168 Å². The normalized spacial score (nSPS) is 13.4. The van der Waals surface area contributed by atoms with Crippen LogP contribution in [-0.4, -0.2) is 79.6 Å². The second kappa shape index (κ2) is 13.1. The van der Waals surface area contributed by atoms with E-state index in [1.54, 1.807) is 0 Å². The fourth-order valence-corrected chi connectivity index (χ4v) is 5.21. The zero-order valence-electron chi connectivity index (χ0n) is 25.6. The van der Waals surface area contributed by atoms with Crippen LogP contribution in [0.25, 0.3) is 22.3 Å². The Morgan fingerprint density at radius 2 is 1.84 bits per heavy atom. The minimum absolute atomic E-state index is 0.000765. The number of Topliss-reactive ketones (excluding diaryl/α,β-unsaturated/α-hetero) is 1. The molecule has 1 aliphatic rings. The van der Waals surface area contributed by atoms with Gasteiger partial charge in [-0.1, -0.05) is 30.3 Å². The Morgan fingerprint density at radius 1 is 1.11 bits per heavy atom. The summed E-state index contributed by atoms with van der Waals surface area (Å²) in [4.78, 5) is 52.2. The van der Waals surface area contributed by atoms with Crippen molar-refractivity contribution in [2.75, 3.05) is 26.8 Å². The monoisotopic (exact) mass is 610 g/mol. The number of likely N-dealkylation sites (tertiary alicyclic amines) is 1. The summed E-state index contributed by atoms with van der Waals surface area (Å²) in [7, 11) is 1.46. The first kappa shape index (κ1) is 31.1. The van der Waals surface area contributed by atoms with Gasteiger partial charge < -0.3 is 24.7 Å². The molecule has 4 heterocycles. The Bertz CT molecular complexity index is 1800. The summed E-state index contributed by atoms with van der Waals surface area (Å²) in [6.07, 6.45) is 5.36. The fourth-order valence-electron chi connectivity index (χ4n) is 5.21. The summed E-state index contributed by atoms with van der Waals surface area (Å²) >= 11 is 0. The molecule has 232 valence electrons. The first-order valence-electron chi connectivity index (χ1n) is 14.4. The standard InChI is InChI=1S/C32H34N8O5/c1-32(2,3)37-26(41)18-45-17-25-36-19-40(38-25)30-28-27(24(44-4)16-35-30)23(15-34-28)29(42)31(43)39-12-10-21(11-13-39)22(14-33)20-8-6-5-7-9-20/h5-9,15-16,19,34H,10-13,17-18H2,1-4H3,(H,37,41). The fraction of sp³-hybridized carbons (Fsp3) is 0.344. The van der Waals surface area contributed by atoms with Crippen molar-refractivity contribution in [1.82, 2.24) is 34.9 Å². The molecular formula is C32H34N8O5. The lowest BCUT2D eigenvalue weighted by Crippen LogP contribution is -2.42. The maximum atomic E-state index is 13.6. The number of pyridine rings is 1. The Balaban J connectivity index is 1.31. The molecule has 45 heavy (non-hydrogen) atoms. The number of rotatable bonds is 9. The molecule has 13 heteroatoms. The van der Waals surface area contributed by atoms with Crippen molar-refractivity contribution in [1.29, 1.82) is 5.26 Å². The number of hydrogen-bond acceptors (Lipinski definition) is 9. The number of allylic oxidation sites excluding steroid dienone is 1. The number of benzene rings is 1. The number of carbonyl (C=O) groups excluding carboxylic acids is 3. The summed E-state index contributed by atoms with van der Waals surface area (Å²) < 4.78 is 12.4.